The predicted molar refractivity (Wildman–Crippen MR) is 108 cm³/mol. The van der Waals surface area contributed by atoms with Gasteiger partial charge in [0.1, 0.15) is 5.82 Å². The zero-order valence-corrected chi connectivity index (χ0v) is 17.2. The van der Waals surface area contributed by atoms with Gasteiger partial charge in [0.15, 0.2) is 11.0 Å². The van der Waals surface area contributed by atoms with Gasteiger partial charge < -0.3 is 4.74 Å². The Morgan fingerprint density at radius 1 is 1.41 bits per heavy atom. The van der Waals surface area contributed by atoms with Crippen molar-refractivity contribution >= 4 is 34.7 Å². The topological polar surface area (TPSA) is 39.9 Å². The number of thioether (sulfide) groups is 1. The van der Waals surface area contributed by atoms with Crippen molar-refractivity contribution in [2.45, 2.75) is 42.8 Å². The van der Waals surface area contributed by atoms with Crippen molar-refractivity contribution < 1.29 is 9.13 Å². The van der Waals surface area contributed by atoms with E-state index >= 15 is 0 Å². The van der Waals surface area contributed by atoms with E-state index in [0.29, 0.717) is 0 Å². The minimum Gasteiger partial charge on any atom is -0.376 e. The quantitative estimate of drug-likeness (QED) is 0.467. The standard InChI is InChI=1S/C19H19ClFN3OS2/c1-12(13-6-7-16(21)15(20)10-13)27-19-23-22-18(17-5-3-9-26-17)24(19)11-14-4-2-8-25-14/h3,5-7,9-10,12,14H,2,4,8,11H2,1H3. The maximum absolute atomic E-state index is 13.5. The predicted octanol–water partition coefficient (Wildman–Crippen LogP) is 5.83. The summed E-state index contributed by atoms with van der Waals surface area (Å²) >= 11 is 9.19. The smallest absolute Gasteiger partial charge is 0.192 e. The Balaban J connectivity index is 1.62. The van der Waals surface area contributed by atoms with E-state index in [-0.39, 0.29) is 16.4 Å². The molecular weight excluding hydrogens is 405 g/mol. The van der Waals surface area contributed by atoms with Gasteiger partial charge in [0.25, 0.3) is 0 Å². The second-order valence-corrected chi connectivity index (χ2v) is 9.13. The highest BCUT2D eigenvalue weighted by molar-refractivity contribution is 7.99. The summed E-state index contributed by atoms with van der Waals surface area (Å²) in [6, 6.07) is 8.91. The molecule has 3 aromatic rings. The van der Waals surface area contributed by atoms with E-state index in [1.165, 1.54) is 6.07 Å². The molecule has 1 aliphatic rings. The molecule has 0 bridgehead atoms. The van der Waals surface area contributed by atoms with Crippen LogP contribution in [-0.2, 0) is 11.3 Å². The van der Waals surface area contributed by atoms with Crippen LogP contribution in [0.25, 0.3) is 10.7 Å². The lowest BCUT2D eigenvalue weighted by atomic mass is 10.2. The van der Waals surface area contributed by atoms with E-state index in [1.807, 2.05) is 11.4 Å². The number of benzene rings is 1. The summed E-state index contributed by atoms with van der Waals surface area (Å²) in [6.45, 7) is 3.61. The minimum atomic E-state index is -0.404. The molecule has 1 fully saturated rings. The molecule has 0 radical (unpaired) electrons. The Labute approximate surface area is 170 Å². The highest BCUT2D eigenvalue weighted by Gasteiger charge is 2.23. The number of nitrogens with zero attached hydrogens (tertiary/aromatic N) is 3. The van der Waals surface area contributed by atoms with Gasteiger partial charge in [0.2, 0.25) is 0 Å². The molecule has 4 rings (SSSR count). The van der Waals surface area contributed by atoms with Gasteiger partial charge in [-0.05, 0) is 48.9 Å². The summed E-state index contributed by atoms with van der Waals surface area (Å²) in [6.07, 6.45) is 2.33. The first-order valence-corrected chi connectivity index (χ1v) is 11.0. The van der Waals surface area contributed by atoms with Crippen molar-refractivity contribution in [2.24, 2.45) is 0 Å². The maximum Gasteiger partial charge on any atom is 0.192 e. The maximum atomic E-state index is 13.5. The van der Waals surface area contributed by atoms with Crippen molar-refractivity contribution in [3.63, 3.8) is 0 Å². The summed E-state index contributed by atoms with van der Waals surface area (Å²) in [4.78, 5) is 1.09. The van der Waals surface area contributed by atoms with Crippen LogP contribution in [0.15, 0.2) is 40.9 Å². The number of aromatic nitrogens is 3. The lowest BCUT2D eigenvalue weighted by Gasteiger charge is -2.16. The van der Waals surface area contributed by atoms with Gasteiger partial charge in [-0.1, -0.05) is 35.5 Å². The fourth-order valence-corrected chi connectivity index (χ4v) is 4.99. The van der Waals surface area contributed by atoms with Crippen LogP contribution in [0.4, 0.5) is 4.39 Å². The largest absolute Gasteiger partial charge is 0.376 e. The monoisotopic (exact) mass is 423 g/mol. The number of thiophene rings is 1. The Morgan fingerprint density at radius 3 is 3.00 bits per heavy atom. The Kier molecular flexibility index (Phi) is 5.82. The highest BCUT2D eigenvalue weighted by Crippen LogP contribution is 2.37. The van der Waals surface area contributed by atoms with Crippen LogP contribution in [0.3, 0.4) is 0 Å². The first kappa shape index (κ1) is 18.9. The average Bonchev–Trinajstić information content (AvgIpc) is 3.40. The highest BCUT2D eigenvalue weighted by atomic mass is 35.5. The van der Waals surface area contributed by atoms with Gasteiger partial charge in [-0.25, -0.2) is 4.39 Å². The molecule has 27 heavy (non-hydrogen) atoms. The van der Waals surface area contributed by atoms with Crippen LogP contribution in [0.5, 0.6) is 0 Å². The molecule has 2 aromatic heterocycles. The molecule has 1 saturated heterocycles. The van der Waals surface area contributed by atoms with Crippen molar-refractivity contribution in [1.82, 2.24) is 14.8 Å². The van der Waals surface area contributed by atoms with Gasteiger partial charge in [0.05, 0.1) is 22.5 Å². The molecule has 1 aliphatic heterocycles. The van der Waals surface area contributed by atoms with E-state index in [2.05, 4.69) is 27.8 Å². The van der Waals surface area contributed by atoms with Crippen LogP contribution in [0, 0.1) is 5.82 Å². The van der Waals surface area contributed by atoms with Crippen molar-refractivity contribution in [3.05, 3.63) is 52.1 Å². The van der Waals surface area contributed by atoms with E-state index < -0.39 is 5.82 Å². The molecule has 0 spiro atoms. The summed E-state index contributed by atoms with van der Waals surface area (Å²) in [5.74, 6) is 0.464. The van der Waals surface area contributed by atoms with Gasteiger partial charge >= 0.3 is 0 Å². The fourth-order valence-electron chi connectivity index (χ4n) is 3.11. The number of ether oxygens (including phenoxy) is 1. The van der Waals surface area contributed by atoms with Gasteiger partial charge in [-0.15, -0.1) is 21.5 Å². The molecule has 2 atom stereocenters. The molecule has 142 valence electrons. The molecule has 2 unspecified atom stereocenters. The minimum absolute atomic E-state index is 0.0618. The third-order valence-electron chi connectivity index (χ3n) is 4.56. The number of hydrogen-bond acceptors (Lipinski definition) is 5. The van der Waals surface area contributed by atoms with Crippen LogP contribution in [-0.4, -0.2) is 27.5 Å². The van der Waals surface area contributed by atoms with E-state index in [1.54, 1.807) is 35.2 Å². The Morgan fingerprint density at radius 2 is 2.30 bits per heavy atom. The van der Waals surface area contributed by atoms with Crippen molar-refractivity contribution in [1.29, 1.82) is 0 Å². The van der Waals surface area contributed by atoms with E-state index in [9.17, 15) is 4.39 Å². The first-order valence-electron chi connectivity index (χ1n) is 8.82. The lowest BCUT2D eigenvalue weighted by Crippen LogP contribution is -2.16. The average molecular weight is 424 g/mol. The molecular formula is C19H19ClFN3OS2. The zero-order chi connectivity index (χ0) is 18.8. The molecule has 4 nitrogen and oxygen atoms in total. The zero-order valence-electron chi connectivity index (χ0n) is 14.8. The van der Waals surface area contributed by atoms with Gasteiger partial charge in [0, 0.05) is 11.9 Å². The second-order valence-electron chi connectivity index (χ2n) is 6.46. The SMILES string of the molecule is CC(Sc1nnc(-c2cccs2)n1CC1CCCO1)c1ccc(F)c(Cl)c1. The van der Waals surface area contributed by atoms with Crippen LogP contribution >= 0.6 is 34.7 Å². The fraction of sp³-hybridized carbons (Fsp3) is 0.368. The summed E-state index contributed by atoms with van der Waals surface area (Å²) in [7, 11) is 0. The Hall–Kier alpha value is -1.41. The summed E-state index contributed by atoms with van der Waals surface area (Å²) in [5, 5.41) is 12.0. The molecule has 3 heterocycles. The third kappa shape index (κ3) is 4.21. The Bertz CT molecular complexity index is 910. The molecule has 1 aromatic carbocycles. The van der Waals surface area contributed by atoms with Crippen molar-refractivity contribution in [3.8, 4) is 10.7 Å². The molecule has 0 N–H and O–H groups in total. The molecule has 0 aliphatic carbocycles. The van der Waals surface area contributed by atoms with Crippen LogP contribution in [0.1, 0.15) is 30.6 Å². The van der Waals surface area contributed by atoms with Gasteiger partial charge in [-0.2, -0.15) is 0 Å². The van der Waals surface area contributed by atoms with Crippen LogP contribution < -0.4 is 0 Å². The number of halogens is 2. The van der Waals surface area contributed by atoms with Gasteiger partial charge in [-0.3, -0.25) is 4.57 Å². The third-order valence-corrected chi connectivity index (χ3v) is 6.86. The van der Waals surface area contributed by atoms with E-state index in [4.69, 9.17) is 16.3 Å². The number of hydrogen-bond donors (Lipinski definition) is 0. The van der Waals surface area contributed by atoms with Crippen molar-refractivity contribution in [2.75, 3.05) is 6.61 Å². The number of rotatable bonds is 6. The molecule has 0 saturated carbocycles. The second kappa shape index (κ2) is 8.31. The summed E-state index contributed by atoms with van der Waals surface area (Å²) < 4.78 is 21.4. The first-order chi connectivity index (χ1) is 13.1. The molecule has 8 heteroatoms. The molecule has 0 amide bonds. The normalized spacial score (nSPS) is 18.1. The summed E-state index contributed by atoms with van der Waals surface area (Å²) in [5.41, 5.74) is 0.954. The lowest BCUT2D eigenvalue weighted by molar-refractivity contribution is 0.0953. The van der Waals surface area contributed by atoms with Crippen LogP contribution in [0.2, 0.25) is 5.02 Å². The van der Waals surface area contributed by atoms with E-state index in [0.717, 1.165) is 47.4 Å².